The van der Waals surface area contributed by atoms with Gasteiger partial charge in [-0.2, -0.15) is 0 Å². The van der Waals surface area contributed by atoms with E-state index in [1.165, 1.54) is 6.07 Å². The maximum Gasteiger partial charge on any atom is 0.488 e. The minimum Gasteiger partial charge on any atom is -0.423 e. The average Bonchev–Trinajstić information content (AvgIpc) is 2.69. The number of nitrogens with one attached hydrogen (secondary N) is 1. The van der Waals surface area contributed by atoms with Crippen LogP contribution < -0.4 is 15.9 Å². The van der Waals surface area contributed by atoms with Crippen molar-refractivity contribution in [3.8, 4) is 0 Å². The van der Waals surface area contributed by atoms with Crippen LogP contribution in [0.1, 0.15) is 12.8 Å². The highest BCUT2D eigenvalue weighted by atomic mass is 16.4. The van der Waals surface area contributed by atoms with E-state index in [0.717, 1.165) is 25.9 Å². The van der Waals surface area contributed by atoms with E-state index in [-0.39, 0.29) is 11.0 Å². The molecule has 80 valence electrons. The van der Waals surface area contributed by atoms with Crippen molar-refractivity contribution in [2.45, 2.75) is 12.8 Å². The second-order valence-corrected chi connectivity index (χ2v) is 3.73. The summed E-state index contributed by atoms with van der Waals surface area (Å²) in [7, 11) is -1.59. The topological polar surface area (TPSA) is 76.6 Å². The van der Waals surface area contributed by atoms with Crippen LogP contribution in [0.5, 0.6) is 0 Å². The number of H-pyrrole nitrogens is 1. The lowest BCUT2D eigenvalue weighted by molar-refractivity contribution is 0.425. The van der Waals surface area contributed by atoms with Crippen LogP contribution in [0, 0.1) is 0 Å². The van der Waals surface area contributed by atoms with Crippen LogP contribution in [0.3, 0.4) is 0 Å². The molecule has 1 fully saturated rings. The Morgan fingerprint density at radius 3 is 2.53 bits per heavy atom. The van der Waals surface area contributed by atoms with Gasteiger partial charge in [0, 0.05) is 19.2 Å². The van der Waals surface area contributed by atoms with E-state index in [1.54, 1.807) is 6.07 Å². The molecule has 2 heterocycles. The van der Waals surface area contributed by atoms with Gasteiger partial charge in [0.1, 0.15) is 5.82 Å². The summed E-state index contributed by atoms with van der Waals surface area (Å²) < 4.78 is 0. The summed E-state index contributed by atoms with van der Waals surface area (Å²) >= 11 is 0. The third-order valence-corrected chi connectivity index (χ3v) is 2.60. The lowest BCUT2D eigenvalue weighted by atomic mass is 9.81. The fraction of sp³-hybridized carbons (Fsp3) is 0.444. The van der Waals surface area contributed by atoms with Gasteiger partial charge in [-0.25, -0.2) is 0 Å². The van der Waals surface area contributed by atoms with E-state index in [1.807, 2.05) is 4.90 Å². The van der Waals surface area contributed by atoms with Crippen molar-refractivity contribution in [2.24, 2.45) is 0 Å². The highest BCUT2D eigenvalue weighted by Gasteiger charge is 2.17. The zero-order valence-electron chi connectivity index (χ0n) is 8.31. The molecule has 0 aromatic carbocycles. The molecule has 1 saturated heterocycles. The lowest BCUT2D eigenvalue weighted by Gasteiger charge is -2.17. The molecule has 2 rings (SSSR count). The molecule has 0 spiro atoms. The molecule has 1 aliphatic rings. The van der Waals surface area contributed by atoms with Crippen molar-refractivity contribution in [2.75, 3.05) is 18.0 Å². The van der Waals surface area contributed by atoms with Gasteiger partial charge < -0.3 is 19.9 Å². The first kappa shape index (κ1) is 10.3. The molecule has 1 aliphatic heterocycles. The third-order valence-electron chi connectivity index (χ3n) is 2.60. The molecule has 0 radical (unpaired) electrons. The summed E-state index contributed by atoms with van der Waals surface area (Å²) in [4.78, 5) is 16.0. The van der Waals surface area contributed by atoms with Gasteiger partial charge in [-0.1, -0.05) is 0 Å². The maximum atomic E-state index is 11.3. The minimum atomic E-state index is -1.59. The van der Waals surface area contributed by atoms with E-state index in [4.69, 9.17) is 10.0 Å². The standard InChI is InChI=1S/C9H13BN2O3/c13-9-6-7(10(14)15)5-8(11-9)12-3-1-2-4-12/h5-6,14-15H,1-4H2,(H,11,13). The van der Waals surface area contributed by atoms with Crippen molar-refractivity contribution in [1.82, 2.24) is 4.98 Å². The first-order valence-electron chi connectivity index (χ1n) is 5.02. The number of anilines is 1. The van der Waals surface area contributed by atoms with Gasteiger partial charge in [-0.05, 0) is 24.4 Å². The van der Waals surface area contributed by atoms with Crippen LogP contribution in [0.2, 0.25) is 0 Å². The van der Waals surface area contributed by atoms with Crippen LogP contribution in [0.15, 0.2) is 16.9 Å². The first-order valence-corrected chi connectivity index (χ1v) is 5.02. The van der Waals surface area contributed by atoms with Crippen LogP contribution in [-0.2, 0) is 0 Å². The van der Waals surface area contributed by atoms with Crippen LogP contribution in [-0.4, -0.2) is 35.2 Å². The van der Waals surface area contributed by atoms with Crippen LogP contribution in [0.25, 0.3) is 0 Å². The summed E-state index contributed by atoms with van der Waals surface area (Å²) in [6, 6.07) is 2.81. The van der Waals surface area contributed by atoms with Crippen LogP contribution >= 0.6 is 0 Å². The SMILES string of the molecule is O=c1cc(B(O)O)cc(N2CCCC2)[nH]1. The van der Waals surface area contributed by atoms with Gasteiger partial charge in [0.2, 0.25) is 5.56 Å². The van der Waals surface area contributed by atoms with Crippen molar-refractivity contribution < 1.29 is 10.0 Å². The van der Waals surface area contributed by atoms with E-state index < -0.39 is 7.12 Å². The summed E-state index contributed by atoms with van der Waals surface area (Å²) in [5.41, 5.74) is -0.0665. The first-order chi connectivity index (χ1) is 7.16. The Bertz CT molecular complexity index is 399. The molecule has 0 saturated carbocycles. The zero-order chi connectivity index (χ0) is 10.8. The number of rotatable bonds is 2. The fourth-order valence-electron chi connectivity index (χ4n) is 1.83. The van der Waals surface area contributed by atoms with E-state index in [0.29, 0.717) is 5.82 Å². The predicted octanol–water partition coefficient (Wildman–Crippen LogP) is -1.35. The molecule has 1 aromatic heterocycles. The Morgan fingerprint density at radius 1 is 1.27 bits per heavy atom. The van der Waals surface area contributed by atoms with E-state index in [9.17, 15) is 4.79 Å². The maximum absolute atomic E-state index is 11.3. The predicted molar refractivity (Wildman–Crippen MR) is 58.3 cm³/mol. The summed E-state index contributed by atoms with van der Waals surface area (Å²) in [5, 5.41) is 18.0. The largest absolute Gasteiger partial charge is 0.488 e. The highest BCUT2D eigenvalue weighted by Crippen LogP contribution is 2.14. The Hall–Kier alpha value is -1.27. The highest BCUT2D eigenvalue weighted by molar-refractivity contribution is 6.58. The van der Waals surface area contributed by atoms with Gasteiger partial charge in [0.05, 0.1) is 0 Å². The van der Waals surface area contributed by atoms with E-state index >= 15 is 0 Å². The fourth-order valence-corrected chi connectivity index (χ4v) is 1.83. The molecule has 3 N–H and O–H groups in total. The van der Waals surface area contributed by atoms with Gasteiger partial charge in [0.25, 0.3) is 0 Å². The van der Waals surface area contributed by atoms with Gasteiger partial charge >= 0.3 is 7.12 Å². The van der Waals surface area contributed by atoms with Crippen LogP contribution in [0.4, 0.5) is 5.82 Å². The minimum absolute atomic E-state index is 0.237. The third kappa shape index (κ3) is 2.22. The average molecular weight is 208 g/mol. The molecule has 0 bridgehead atoms. The van der Waals surface area contributed by atoms with Crippen molar-refractivity contribution in [3.05, 3.63) is 22.5 Å². The second kappa shape index (κ2) is 4.08. The molecular weight excluding hydrogens is 195 g/mol. The molecule has 15 heavy (non-hydrogen) atoms. The number of aromatic amines is 1. The molecule has 0 amide bonds. The van der Waals surface area contributed by atoms with Gasteiger partial charge in [-0.15, -0.1) is 0 Å². The summed E-state index contributed by atoms with van der Waals surface area (Å²) in [6.07, 6.45) is 2.21. The van der Waals surface area contributed by atoms with Gasteiger partial charge in [0.15, 0.2) is 0 Å². The second-order valence-electron chi connectivity index (χ2n) is 3.73. The monoisotopic (exact) mass is 208 g/mol. The Labute approximate surface area is 87.5 Å². The van der Waals surface area contributed by atoms with Gasteiger partial charge in [-0.3, -0.25) is 4.79 Å². The molecule has 6 heteroatoms. The van der Waals surface area contributed by atoms with Crippen molar-refractivity contribution in [1.29, 1.82) is 0 Å². The molecule has 0 aliphatic carbocycles. The van der Waals surface area contributed by atoms with Crippen molar-refractivity contribution in [3.63, 3.8) is 0 Å². The molecule has 1 aromatic rings. The van der Waals surface area contributed by atoms with E-state index in [2.05, 4.69) is 4.98 Å². The Balaban J connectivity index is 2.34. The number of hydrogen-bond donors (Lipinski definition) is 3. The smallest absolute Gasteiger partial charge is 0.423 e. The number of pyridine rings is 1. The zero-order valence-corrected chi connectivity index (χ0v) is 8.31. The number of hydrogen-bond acceptors (Lipinski definition) is 4. The van der Waals surface area contributed by atoms with Crippen molar-refractivity contribution >= 4 is 18.4 Å². The molecule has 0 unspecified atom stereocenters. The Morgan fingerprint density at radius 2 is 1.93 bits per heavy atom. The quantitative estimate of drug-likeness (QED) is 0.525. The summed E-state index contributed by atoms with van der Waals surface area (Å²) in [5.74, 6) is 0.670. The Kier molecular flexibility index (Phi) is 2.79. The number of aromatic nitrogens is 1. The molecule has 5 nitrogen and oxygen atoms in total. The number of nitrogens with zero attached hydrogens (tertiary/aromatic N) is 1. The molecule has 0 atom stereocenters. The lowest BCUT2D eigenvalue weighted by Crippen LogP contribution is -2.35. The summed E-state index contributed by atoms with van der Waals surface area (Å²) in [6.45, 7) is 1.81. The molecular formula is C9H13BN2O3. The normalized spacial score (nSPS) is 15.7.